The molecule has 0 radical (unpaired) electrons. The molecule has 1 atom stereocenters. The van der Waals surface area contributed by atoms with Crippen LogP contribution in [0.3, 0.4) is 0 Å². The Morgan fingerprint density at radius 1 is 0.975 bits per heavy atom. The maximum absolute atomic E-state index is 12.7. The predicted octanol–water partition coefficient (Wildman–Crippen LogP) is 5.80. The maximum atomic E-state index is 12.7. The molecule has 0 aromatic heterocycles. The van der Waals surface area contributed by atoms with E-state index in [4.69, 9.17) is 27.9 Å². The summed E-state index contributed by atoms with van der Waals surface area (Å²) in [6.45, 7) is 8.99. The van der Waals surface area contributed by atoms with Gasteiger partial charge in [0.2, 0.25) is 5.91 Å². The van der Waals surface area contributed by atoms with E-state index in [-0.39, 0.29) is 19.1 Å². The number of hydrogen-bond donors (Lipinski definition) is 1. The quantitative estimate of drug-likeness (QED) is 0.431. The summed E-state index contributed by atoms with van der Waals surface area (Å²) in [5.74, 6) is -0.642. The fourth-order valence-corrected chi connectivity index (χ4v) is 5.42. The number of anilines is 1. The van der Waals surface area contributed by atoms with E-state index in [0.29, 0.717) is 34.4 Å². The van der Waals surface area contributed by atoms with Gasteiger partial charge in [-0.2, -0.15) is 0 Å². The summed E-state index contributed by atoms with van der Waals surface area (Å²) < 4.78 is 5.24. The highest BCUT2D eigenvalue weighted by atomic mass is 35.5. The molecule has 10 heteroatoms. The lowest BCUT2D eigenvalue weighted by Gasteiger charge is -2.38. The van der Waals surface area contributed by atoms with E-state index in [9.17, 15) is 14.4 Å². The first-order valence-corrected chi connectivity index (χ1v) is 14.7. The van der Waals surface area contributed by atoms with Gasteiger partial charge in [-0.1, -0.05) is 48.3 Å². The Morgan fingerprint density at radius 3 is 2.30 bits per heavy atom. The third kappa shape index (κ3) is 7.89. The molecule has 1 aliphatic carbocycles. The average Bonchev–Trinajstić information content (AvgIpc) is 3.72. The first-order valence-electron chi connectivity index (χ1n) is 14.0. The Balaban J connectivity index is 0.000000307. The molecule has 1 spiro atoms. The lowest BCUT2D eigenvalue weighted by Crippen LogP contribution is -2.58. The molecule has 2 aromatic carbocycles. The molecule has 0 bridgehead atoms. The smallest absolute Gasteiger partial charge is 0.338 e. The molecule has 40 heavy (non-hydrogen) atoms. The summed E-state index contributed by atoms with van der Waals surface area (Å²) in [5, 5.41) is 3.44. The van der Waals surface area contributed by atoms with Gasteiger partial charge in [0.05, 0.1) is 22.2 Å². The van der Waals surface area contributed by atoms with Crippen molar-refractivity contribution in [3.63, 3.8) is 0 Å². The molecule has 1 saturated carbocycles. The molecule has 2 heterocycles. The highest BCUT2D eigenvalue weighted by Gasteiger charge is 2.44. The van der Waals surface area contributed by atoms with Gasteiger partial charge in [-0.25, -0.2) is 9.59 Å². The molecule has 3 aliphatic rings. The van der Waals surface area contributed by atoms with Crippen molar-refractivity contribution < 1.29 is 19.1 Å². The van der Waals surface area contributed by atoms with E-state index < -0.39 is 18.0 Å². The van der Waals surface area contributed by atoms with E-state index in [1.54, 1.807) is 54.3 Å². The van der Waals surface area contributed by atoms with Crippen LogP contribution in [0.4, 0.5) is 10.5 Å². The Kier molecular flexibility index (Phi) is 10.3. The van der Waals surface area contributed by atoms with Crippen molar-refractivity contribution >= 4 is 46.8 Å². The third-order valence-electron chi connectivity index (χ3n) is 8.10. The van der Waals surface area contributed by atoms with Crippen molar-refractivity contribution in [2.45, 2.75) is 45.6 Å². The van der Waals surface area contributed by atoms with E-state index in [0.717, 1.165) is 5.41 Å². The molecule has 5 rings (SSSR count). The molecule has 216 valence electrons. The van der Waals surface area contributed by atoms with Gasteiger partial charge in [0.25, 0.3) is 0 Å². The van der Waals surface area contributed by atoms with Gasteiger partial charge < -0.3 is 24.8 Å². The lowest BCUT2D eigenvalue weighted by molar-refractivity contribution is -0.139. The largest absolute Gasteiger partial charge is 0.460 e. The SMILES string of the molecule is CCN1CCC2(CC1)CC2.C[C@H]1C(=O)N(CCOC(=O)c2ccccc2)CCN1C(=O)Nc1ccc(Cl)c(Cl)c1. The van der Waals surface area contributed by atoms with Crippen LogP contribution in [0.1, 0.15) is 49.9 Å². The first-order chi connectivity index (χ1) is 19.2. The van der Waals surface area contributed by atoms with Crippen LogP contribution in [0.5, 0.6) is 0 Å². The second-order valence-electron chi connectivity index (χ2n) is 10.7. The minimum Gasteiger partial charge on any atom is -0.460 e. The van der Waals surface area contributed by atoms with Crippen LogP contribution < -0.4 is 5.32 Å². The fraction of sp³-hybridized carbons (Fsp3) is 0.500. The van der Waals surface area contributed by atoms with E-state index in [2.05, 4.69) is 17.1 Å². The number of halogens is 2. The van der Waals surface area contributed by atoms with Crippen LogP contribution in [0.2, 0.25) is 10.0 Å². The average molecular weight is 590 g/mol. The molecule has 3 fully saturated rings. The normalized spacial score (nSPS) is 20.0. The minimum atomic E-state index is -0.647. The molecule has 2 aliphatic heterocycles. The molecule has 8 nitrogen and oxygen atoms in total. The first kappa shape index (κ1) is 30.2. The number of nitrogens with one attached hydrogen (secondary N) is 1. The van der Waals surface area contributed by atoms with Crippen molar-refractivity contribution in [1.82, 2.24) is 14.7 Å². The van der Waals surface area contributed by atoms with E-state index >= 15 is 0 Å². The Hall–Kier alpha value is -2.81. The van der Waals surface area contributed by atoms with Gasteiger partial charge in [0.1, 0.15) is 12.6 Å². The summed E-state index contributed by atoms with van der Waals surface area (Å²) >= 11 is 11.9. The number of ether oxygens (including phenoxy) is 1. The second kappa shape index (κ2) is 13.7. The van der Waals surface area contributed by atoms with Crippen molar-refractivity contribution in [2.24, 2.45) is 5.41 Å². The predicted molar refractivity (Wildman–Crippen MR) is 158 cm³/mol. The monoisotopic (exact) mass is 588 g/mol. The zero-order valence-corrected chi connectivity index (χ0v) is 24.7. The van der Waals surface area contributed by atoms with Crippen LogP contribution in [-0.4, -0.2) is 84.5 Å². The number of esters is 1. The number of likely N-dealkylation sites (tertiary alicyclic amines) is 1. The highest BCUT2D eigenvalue weighted by Crippen LogP contribution is 2.53. The van der Waals surface area contributed by atoms with Gasteiger partial charge >= 0.3 is 12.0 Å². The number of piperidine rings is 1. The number of piperazine rings is 1. The maximum Gasteiger partial charge on any atom is 0.338 e. The van der Waals surface area contributed by atoms with Gasteiger partial charge in [-0.15, -0.1) is 0 Å². The summed E-state index contributed by atoms with van der Waals surface area (Å²) in [7, 11) is 0. The number of carbonyl (C=O) groups is 3. The number of carbonyl (C=O) groups excluding carboxylic acids is 3. The molecular formula is C30H38Cl2N4O4. The van der Waals surface area contributed by atoms with E-state index in [1.165, 1.54) is 50.2 Å². The Morgan fingerprint density at radius 2 is 1.68 bits per heavy atom. The third-order valence-corrected chi connectivity index (χ3v) is 8.84. The van der Waals surface area contributed by atoms with Crippen molar-refractivity contribution in [3.8, 4) is 0 Å². The van der Waals surface area contributed by atoms with Gasteiger partial charge in [0.15, 0.2) is 0 Å². The molecule has 0 unspecified atom stereocenters. The fourth-order valence-electron chi connectivity index (χ4n) is 5.12. The summed E-state index contributed by atoms with van der Waals surface area (Å²) in [6, 6.07) is 12.4. The van der Waals surface area contributed by atoms with Crippen LogP contribution >= 0.6 is 23.2 Å². The number of urea groups is 1. The van der Waals surface area contributed by atoms with Gasteiger partial charge in [-0.05, 0) is 88.0 Å². The topological polar surface area (TPSA) is 82.2 Å². The standard InChI is InChI=1S/C21H21Cl2N3O4.C9H17N/c1-14-19(27)25(11-12-30-20(28)15-5-3-2-4-6-15)9-10-26(14)21(29)24-16-7-8-17(22)18(23)13-16;1-2-10-7-5-9(3-4-9)6-8-10/h2-8,13-14H,9-12H2,1H3,(H,24,29);2-8H2,1H3/t14-;/m0./s1. The van der Waals surface area contributed by atoms with E-state index in [1.807, 2.05) is 6.07 Å². The van der Waals surface area contributed by atoms with Crippen molar-refractivity contribution in [3.05, 3.63) is 64.1 Å². The number of nitrogens with zero attached hydrogens (tertiary/aromatic N) is 3. The van der Waals surface area contributed by atoms with Gasteiger partial charge in [0, 0.05) is 18.8 Å². The minimum absolute atomic E-state index is 0.0850. The van der Waals surface area contributed by atoms with Gasteiger partial charge in [-0.3, -0.25) is 4.79 Å². The van der Waals surface area contributed by atoms with Crippen LogP contribution in [-0.2, 0) is 9.53 Å². The van der Waals surface area contributed by atoms with Crippen molar-refractivity contribution in [1.29, 1.82) is 0 Å². The lowest BCUT2D eigenvalue weighted by atomic mass is 9.94. The molecule has 3 amide bonds. The summed E-state index contributed by atoms with van der Waals surface area (Å²) in [4.78, 5) is 42.9. The van der Waals surface area contributed by atoms with Crippen LogP contribution in [0, 0.1) is 5.41 Å². The summed E-state index contributed by atoms with van der Waals surface area (Å²) in [5.41, 5.74) is 1.82. The Bertz CT molecular complexity index is 1180. The molecular weight excluding hydrogens is 551 g/mol. The van der Waals surface area contributed by atoms with Crippen molar-refractivity contribution in [2.75, 3.05) is 51.2 Å². The number of hydrogen-bond acceptors (Lipinski definition) is 5. The Labute approximate surface area is 246 Å². The zero-order valence-electron chi connectivity index (χ0n) is 23.2. The highest BCUT2D eigenvalue weighted by molar-refractivity contribution is 6.42. The molecule has 2 aromatic rings. The molecule has 1 N–H and O–H groups in total. The zero-order chi connectivity index (χ0) is 28.7. The number of benzene rings is 2. The summed E-state index contributed by atoms with van der Waals surface area (Å²) in [6.07, 6.45) is 6.04. The number of amides is 3. The second-order valence-corrected chi connectivity index (χ2v) is 11.5. The van der Waals surface area contributed by atoms with Crippen LogP contribution in [0.25, 0.3) is 0 Å². The molecule has 2 saturated heterocycles. The van der Waals surface area contributed by atoms with Crippen LogP contribution in [0.15, 0.2) is 48.5 Å². The number of rotatable bonds is 6.